The van der Waals surface area contributed by atoms with Crippen molar-refractivity contribution >= 4 is 17.5 Å². The summed E-state index contributed by atoms with van der Waals surface area (Å²) in [5, 5.41) is 0. The molecule has 1 aromatic carbocycles. The summed E-state index contributed by atoms with van der Waals surface area (Å²) >= 11 is 0. The number of hydrogen-bond acceptors (Lipinski definition) is 3. The maximum Gasteiger partial charge on any atom is 0.0570 e. The summed E-state index contributed by atoms with van der Waals surface area (Å²) in [5.74, 6) is 0. The van der Waals surface area contributed by atoms with Gasteiger partial charge in [-0.05, 0) is 70.4 Å². The molecule has 0 atom stereocenters. The zero-order valence-electron chi connectivity index (χ0n) is 19.8. The van der Waals surface area contributed by atoms with Crippen molar-refractivity contribution in [3.05, 3.63) is 58.9 Å². The van der Waals surface area contributed by atoms with Crippen molar-refractivity contribution in [3.8, 4) is 0 Å². The molecule has 2 rings (SSSR count). The molecule has 158 valence electrons. The number of anilines is 1. The van der Waals surface area contributed by atoms with E-state index in [0.717, 1.165) is 37.1 Å². The minimum Gasteiger partial charge on any atom is -0.348 e. The Morgan fingerprint density at radius 2 is 1.97 bits per heavy atom. The van der Waals surface area contributed by atoms with Crippen molar-refractivity contribution in [1.82, 2.24) is 4.90 Å². The first-order valence-corrected chi connectivity index (χ1v) is 10.8. The fraction of sp³-hybridized carbons (Fsp3) is 0.500. The lowest BCUT2D eigenvalue weighted by atomic mass is 9.96. The van der Waals surface area contributed by atoms with Crippen LogP contribution in [0.4, 0.5) is 5.69 Å². The highest BCUT2D eigenvalue weighted by Crippen LogP contribution is 2.31. The number of benzene rings is 1. The lowest BCUT2D eigenvalue weighted by Crippen LogP contribution is -2.42. The molecule has 0 radical (unpaired) electrons. The summed E-state index contributed by atoms with van der Waals surface area (Å²) in [7, 11) is 4.33. The molecule has 3 nitrogen and oxygen atoms in total. The topological polar surface area (TPSA) is 18.8 Å². The van der Waals surface area contributed by atoms with E-state index in [9.17, 15) is 0 Å². The quantitative estimate of drug-likeness (QED) is 0.542. The minimum atomic E-state index is -0.144. The van der Waals surface area contributed by atoms with Crippen LogP contribution in [-0.4, -0.2) is 37.3 Å². The molecule has 29 heavy (non-hydrogen) atoms. The van der Waals surface area contributed by atoms with Crippen molar-refractivity contribution < 1.29 is 0 Å². The van der Waals surface area contributed by atoms with Crippen LogP contribution in [0.25, 0.3) is 5.57 Å². The van der Waals surface area contributed by atoms with Crippen LogP contribution in [0.5, 0.6) is 0 Å². The van der Waals surface area contributed by atoms with Gasteiger partial charge in [0.05, 0.1) is 11.2 Å². The molecule has 0 saturated carbocycles. The third-order valence-electron chi connectivity index (χ3n) is 6.42. The third-order valence-corrected chi connectivity index (χ3v) is 6.42. The van der Waals surface area contributed by atoms with Crippen LogP contribution in [0, 0.1) is 6.92 Å². The molecule has 0 N–H and O–H groups in total. The Morgan fingerprint density at radius 1 is 1.28 bits per heavy atom. The Bertz CT molecular complexity index is 840. The number of aryl methyl sites for hydroxylation is 1. The fourth-order valence-electron chi connectivity index (χ4n) is 3.64. The molecule has 0 amide bonds. The Kier molecular flexibility index (Phi) is 7.65. The van der Waals surface area contributed by atoms with E-state index in [1.807, 2.05) is 6.21 Å². The predicted octanol–water partition coefficient (Wildman–Crippen LogP) is 6.61. The first kappa shape index (κ1) is 23.2. The lowest BCUT2D eigenvalue weighted by Gasteiger charge is -2.36. The average Bonchev–Trinajstić information content (AvgIpc) is 2.70. The van der Waals surface area contributed by atoms with Gasteiger partial charge in [-0.15, -0.1) is 0 Å². The van der Waals surface area contributed by atoms with Crippen molar-refractivity contribution in [2.24, 2.45) is 4.99 Å². The highest BCUT2D eigenvalue weighted by molar-refractivity contribution is 6.10. The second-order valence-corrected chi connectivity index (χ2v) is 8.69. The summed E-state index contributed by atoms with van der Waals surface area (Å²) in [6, 6.07) is 6.74. The molecule has 0 bridgehead atoms. The molecule has 1 aliphatic rings. The highest BCUT2D eigenvalue weighted by atomic mass is 15.2. The Morgan fingerprint density at radius 3 is 2.59 bits per heavy atom. The van der Waals surface area contributed by atoms with E-state index in [1.54, 1.807) is 0 Å². The highest BCUT2D eigenvalue weighted by Gasteiger charge is 2.27. The summed E-state index contributed by atoms with van der Waals surface area (Å²) in [6.07, 6.45) is 7.58. The second-order valence-electron chi connectivity index (χ2n) is 8.69. The molecule has 0 spiro atoms. The molecular formula is C26H39N3. The molecule has 0 aliphatic carbocycles. The molecule has 1 heterocycles. The lowest BCUT2D eigenvalue weighted by molar-refractivity contribution is 0.212. The third kappa shape index (κ3) is 5.08. The van der Waals surface area contributed by atoms with E-state index in [-0.39, 0.29) is 5.54 Å². The number of rotatable bonds is 6. The van der Waals surface area contributed by atoms with Crippen molar-refractivity contribution in [2.75, 3.05) is 25.5 Å². The summed E-state index contributed by atoms with van der Waals surface area (Å²) in [5.41, 5.74) is 8.55. The van der Waals surface area contributed by atoms with E-state index in [2.05, 4.69) is 96.3 Å². The van der Waals surface area contributed by atoms with E-state index >= 15 is 0 Å². The first-order valence-electron chi connectivity index (χ1n) is 10.8. The number of aliphatic imine (C=N–C) groups is 1. The van der Waals surface area contributed by atoms with Gasteiger partial charge in [-0.25, -0.2) is 0 Å². The van der Waals surface area contributed by atoms with Crippen LogP contribution in [0.1, 0.15) is 65.0 Å². The van der Waals surface area contributed by atoms with Gasteiger partial charge in [-0.1, -0.05) is 50.6 Å². The molecule has 3 heteroatoms. The van der Waals surface area contributed by atoms with Crippen LogP contribution < -0.4 is 4.90 Å². The van der Waals surface area contributed by atoms with Crippen LogP contribution >= 0.6 is 0 Å². The standard InChI is InChI=1S/C26H39N3/c1-10-12-24(19(3)11-2)29(9)25-17-22(14-13-20(25)4)23-15-16-28(8)26(6,7)21(5)27-18-23/h13-15,17-18H,5,10-12,16H2,1-4,6-9H3/b23-15+,24-19-,27-18-. The number of likely N-dealkylation sites (N-methyl/N-ethyl adjacent to an activating group) is 1. The Hall–Kier alpha value is -2.13. The maximum absolute atomic E-state index is 4.70. The van der Waals surface area contributed by atoms with Crippen LogP contribution in [-0.2, 0) is 0 Å². The summed E-state index contributed by atoms with van der Waals surface area (Å²) < 4.78 is 0. The molecule has 1 aliphatic heterocycles. The summed E-state index contributed by atoms with van der Waals surface area (Å²) in [4.78, 5) is 9.37. The normalized spacial score (nSPS) is 21.0. The van der Waals surface area contributed by atoms with Gasteiger partial charge in [0.15, 0.2) is 0 Å². The van der Waals surface area contributed by atoms with Gasteiger partial charge >= 0.3 is 0 Å². The van der Waals surface area contributed by atoms with Crippen LogP contribution in [0.15, 0.2) is 52.8 Å². The van der Waals surface area contributed by atoms with Gasteiger partial charge in [0, 0.05) is 31.2 Å². The van der Waals surface area contributed by atoms with E-state index in [4.69, 9.17) is 4.99 Å². The van der Waals surface area contributed by atoms with Gasteiger partial charge < -0.3 is 4.90 Å². The van der Waals surface area contributed by atoms with Gasteiger partial charge in [-0.3, -0.25) is 9.89 Å². The van der Waals surface area contributed by atoms with E-state index in [0.29, 0.717) is 0 Å². The van der Waals surface area contributed by atoms with Gasteiger partial charge in [0.25, 0.3) is 0 Å². The maximum atomic E-state index is 4.70. The van der Waals surface area contributed by atoms with Crippen molar-refractivity contribution in [2.45, 2.75) is 66.3 Å². The molecular weight excluding hydrogens is 354 g/mol. The van der Waals surface area contributed by atoms with Crippen molar-refractivity contribution in [3.63, 3.8) is 0 Å². The number of allylic oxidation sites excluding steroid dienone is 3. The monoisotopic (exact) mass is 393 g/mol. The minimum absolute atomic E-state index is 0.144. The van der Waals surface area contributed by atoms with E-state index in [1.165, 1.54) is 28.1 Å². The molecule has 1 aromatic rings. The number of nitrogens with zero attached hydrogens (tertiary/aromatic N) is 3. The SMILES string of the molecule is C=C1/N=C\C(c2ccc(C)c(N(C)/C(CCC)=C(/C)CC)c2)=C/CN(C)C1(C)C. The summed E-state index contributed by atoms with van der Waals surface area (Å²) in [6.45, 7) is 18.3. The zero-order valence-corrected chi connectivity index (χ0v) is 19.8. The average molecular weight is 394 g/mol. The second kappa shape index (κ2) is 9.58. The smallest absolute Gasteiger partial charge is 0.0570 e. The van der Waals surface area contributed by atoms with Gasteiger partial charge in [0.1, 0.15) is 0 Å². The zero-order chi connectivity index (χ0) is 21.8. The van der Waals surface area contributed by atoms with Gasteiger partial charge in [-0.2, -0.15) is 0 Å². The molecule has 0 aromatic heterocycles. The van der Waals surface area contributed by atoms with Gasteiger partial charge in [0.2, 0.25) is 0 Å². The molecule has 0 saturated heterocycles. The van der Waals surface area contributed by atoms with E-state index < -0.39 is 0 Å². The number of hydrogen-bond donors (Lipinski definition) is 0. The van der Waals surface area contributed by atoms with Crippen LogP contribution in [0.2, 0.25) is 0 Å². The first-order chi connectivity index (χ1) is 13.6. The Labute approximate surface area is 178 Å². The molecule has 0 fully saturated rings. The van der Waals surface area contributed by atoms with Crippen molar-refractivity contribution in [1.29, 1.82) is 0 Å². The Balaban J connectivity index is 2.46. The fourth-order valence-corrected chi connectivity index (χ4v) is 3.64. The molecule has 0 unspecified atom stereocenters. The largest absolute Gasteiger partial charge is 0.348 e. The predicted molar refractivity (Wildman–Crippen MR) is 130 cm³/mol. The van der Waals surface area contributed by atoms with Crippen LogP contribution in [0.3, 0.4) is 0 Å².